The van der Waals surface area contributed by atoms with Crippen molar-refractivity contribution >= 4 is 28.6 Å². The SMILES string of the molecule is CC1CN(C(N)=NCc2nc3cccc(Cl)c3n2C)CCO1. The quantitative estimate of drug-likeness (QED) is 0.676. The fraction of sp³-hybridized carbons (Fsp3) is 0.467. The van der Waals surface area contributed by atoms with Gasteiger partial charge in [-0.1, -0.05) is 17.7 Å². The molecular formula is C15H20ClN5O. The highest BCUT2D eigenvalue weighted by Gasteiger charge is 2.18. The van der Waals surface area contributed by atoms with Crippen molar-refractivity contribution in [1.82, 2.24) is 14.5 Å². The number of imidazole rings is 1. The first-order valence-corrected chi connectivity index (χ1v) is 7.70. The molecule has 0 spiro atoms. The van der Waals surface area contributed by atoms with Crippen molar-refractivity contribution in [2.24, 2.45) is 17.8 Å². The molecule has 0 aliphatic carbocycles. The summed E-state index contributed by atoms with van der Waals surface area (Å²) >= 11 is 6.23. The Morgan fingerprint density at radius 2 is 2.36 bits per heavy atom. The summed E-state index contributed by atoms with van der Waals surface area (Å²) in [5.74, 6) is 1.38. The van der Waals surface area contributed by atoms with Crippen molar-refractivity contribution in [3.05, 3.63) is 29.0 Å². The van der Waals surface area contributed by atoms with E-state index < -0.39 is 0 Å². The highest BCUT2D eigenvalue weighted by atomic mass is 35.5. The lowest BCUT2D eigenvalue weighted by atomic mass is 10.3. The monoisotopic (exact) mass is 321 g/mol. The maximum atomic E-state index is 6.23. The maximum Gasteiger partial charge on any atom is 0.191 e. The highest BCUT2D eigenvalue weighted by Crippen LogP contribution is 2.23. The number of ether oxygens (including phenoxy) is 1. The lowest BCUT2D eigenvalue weighted by Gasteiger charge is -2.31. The number of hydrogen-bond acceptors (Lipinski definition) is 3. The molecule has 2 aromatic rings. The molecule has 0 bridgehead atoms. The predicted molar refractivity (Wildman–Crippen MR) is 88.0 cm³/mol. The Bertz CT molecular complexity index is 711. The van der Waals surface area contributed by atoms with Gasteiger partial charge in [0.05, 0.1) is 28.8 Å². The smallest absolute Gasteiger partial charge is 0.191 e. The van der Waals surface area contributed by atoms with E-state index in [1.165, 1.54) is 0 Å². The lowest BCUT2D eigenvalue weighted by molar-refractivity contribution is 0.00528. The van der Waals surface area contributed by atoms with E-state index in [4.69, 9.17) is 22.1 Å². The number of halogens is 1. The van der Waals surface area contributed by atoms with E-state index in [1.54, 1.807) is 0 Å². The molecule has 6 nitrogen and oxygen atoms in total. The zero-order valence-electron chi connectivity index (χ0n) is 12.8. The highest BCUT2D eigenvalue weighted by molar-refractivity contribution is 6.35. The Kier molecular flexibility index (Phi) is 4.22. The van der Waals surface area contributed by atoms with Gasteiger partial charge in [0.2, 0.25) is 0 Å². The van der Waals surface area contributed by atoms with Crippen molar-refractivity contribution in [3.63, 3.8) is 0 Å². The van der Waals surface area contributed by atoms with E-state index in [2.05, 4.69) is 9.98 Å². The van der Waals surface area contributed by atoms with Crippen LogP contribution in [0.15, 0.2) is 23.2 Å². The van der Waals surface area contributed by atoms with Crippen LogP contribution in [0.3, 0.4) is 0 Å². The van der Waals surface area contributed by atoms with Gasteiger partial charge in [0, 0.05) is 20.1 Å². The number of aliphatic imine (C=N–C) groups is 1. The first kappa shape index (κ1) is 15.1. The van der Waals surface area contributed by atoms with Crippen LogP contribution >= 0.6 is 11.6 Å². The molecule has 1 aliphatic heterocycles. The van der Waals surface area contributed by atoms with Crippen LogP contribution < -0.4 is 5.73 Å². The second kappa shape index (κ2) is 6.14. The first-order chi connectivity index (χ1) is 10.6. The van der Waals surface area contributed by atoms with Gasteiger partial charge in [-0.15, -0.1) is 0 Å². The van der Waals surface area contributed by atoms with Gasteiger partial charge in [-0.3, -0.25) is 0 Å². The number of benzene rings is 1. The van der Waals surface area contributed by atoms with Crippen LogP contribution in [0.25, 0.3) is 11.0 Å². The molecule has 1 aromatic carbocycles. The summed E-state index contributed by atoms with van der Waals surface area (Å²) in [6, 6.07) is 5.71. The Morgan fingerprint density at radius 1 is 1.55 bits per heavy atom. The molecule has 0 saturated carbocycles. The van der Waals surface area contributed by atoms with Gasteiger partial charge in [-0.05, 0) is 19.1 Å². The Hall–Kier alpha value is -1.79. The van der Waals surface area contributed by atoms with Crippen molar-refractivity contribution in [1.29, 1.82) is 0 Å². The van der Waals surface area contributed by atoms with Crippen LogP contribution in [0.5, 0.6) is 0 Å². The standard InChI is InChI=1S/C15H20ClN5O/c1-10-9-21(6-7-22-10)15(17)18-8-13-19-12-5-3-4-11(16)14(12)20(13)2/h3-5,10H,6-9H2,1-2H3,(H2,17,18). The molecule has 1 atom stereocenters. The molecule has 0 amide bonds. The number of aromatic nitrogens is 2. The minimum atomic E-state index is 0.178. The largest absolute Gasteiger partial charge is 0.375 e. The second-order valence-corrected chi connectivity index (χ2v) is 5.90. The second-order valence-electron chi connectivity index (χ2n) is 5.50. The molecule has 1 unspecified atom stereocenters. The van der Waals surface area contributed by atoms with Crippen molar-refractivity contribution in [2.75, 3.05) is 19.7 Å². The van der Waals surface area contributed by atoms with Gasteiger partial charge >= 0.3 is 0 Å². The molecular weight excluding hydrogens is 302 g/mol. The zero-order valence-corrected chi connectivity index (χ0v) is 13.5. The lowest BCUT2D eigenvalue weighted by Crippen LogP contribution is -2.47. The normalized spacial score (nSPS) is 19.9. The molecule has 1 aliphatic rings. The summed E-state index contributed by atoms with van der Waals surface area (Å²) in [7, 11) is 1.94. The number of nitrogens with two attached hydrogens (primary N) is 1. The number of guanidine groups is 1. The van der Waals surface area contributed by atoms with Gasteiger partial charge in [0.15, 0.2) is 5.96 Å². The Morgan fingerprint density at radius 3 is 3.09 bits per heavy atom. The summed E-state index contributed by atoms with van der Waals surface area (Å²) in [5.41, 5.74) is 7.89. The molecule has 0 radical (unpaired) electrons. The fourth-order valence-electron chi connectivity index (χ4n) is 2.69. The fourth-order valence-corrected chi connectivity index (χ4v) is 2.99. The van der Waals surface area contributed by atoms with E-state index in [0.717, 1.165) is 29.9 Å². The first-order valence-electron chi connectivity index (χ1n) is 7.32. The molecule has 22 heavy (non-hydrogen) atoms. The molecule has 1 aromatic heterocycles. The number of aryl methyl sites for hydroxylation is 1. The molecule has 7 heteroatoms. The van der Waals surface area contributed by atoms with Crippen LogP contribution in [0, 0.1) is 0 Å². The van der Waals surface area contributed by atoms with Crippen LogP contribution in [0.1, 0.15) is 12.7 Å². The molecule has 2 N–H and O–H groups in total. The van der Waals surface area contributed by atoms with E-state index in [0.29, 0.717) is 24.1 Å². The molecule has 1 saturated heterocycles. The number of morpholine rings is 1. The van der Waals surface area contributed by atoms with Crippen LogP contribution in [-0.4, -0.2) is 46.2 Å². The maximum absolute atomic E-state index is 6.23. The van der Waals surface area contributed by atoms with E-state index in [9.17, 15) is 0 Å². The molecule has 118 valence electrons. The van der Waals surface area contributed by atoms with Crippen LogP contribution in [-0.2, 0) is 18.3 Å². The predicted octanol–water partition coefficient (Wildman–Crippen LogP) is 1.76. The van der Waals surface area contributed by atoms with Gasteiger partial charge < -0.3 is 19.9 Å². The topological polar surface area (TPSA) is 68.7 Å². The van der Waals surface area contributed by atoms with E-state index in [1.807, 2.05) is 41.6 Å². The zero-order chi connectivity index (χ0) is 15.7. The Balaban J connectivity index is 1.80. The summed E-state index contributed by atoms with van der Waals surface area (Å²) in [6.07, 6.45) is 0.178. The summed E-state index contributed by atoms with van der Waals surface area (Å²) in [4.78, 5) is 11.1. The Labute approximate surface area is 134 Å². The number of fused-ring (bicyclic) bond motifs is 1. The minimum absolute atomic E-state index is 0.178. The molecule has 3 rings (SSSR count). The minimum Gasteiger partial charge on any atom is -0.375 e. The van der Waals surface area contributed by atoms with Crippen molar-refractivity contribution < 1.29 is 4.74 Å². The van der Waals surface area contributed by atoms with Gasteiger partial charge in [-0.2, -0.15) is 0 Å². The third-order valence-electron chi connectivity index (χ3n) is 3.89. The molecule has 1 fully saturated rings. The average Bonchev–Trinajstić information content (AvgIpc) is 2.82. The summed E-state index contributed by atoms with van der Waals surface area (Å²) in [5, 5.41) is 0.692. The van der Waals surface area contributed by atoms with E-state index >= 15 is 0 Å². The van der Waals surface area contributed by atoms with Gasteiger partial charge in [0.25, 0.3) is 0 Å². The average molecular weight is 322 g/mol. The van der Waals surface area contributed by atoms with Crippen molar-refractivity contribution in [3.8, 4) is 0 Å². The van der Waals surface area contributed by atoms with Crippen LogP contribution in [0.2, 0.25) is 5.02 Å². The third-order valence-corrected chi connectivity index (χ3v) is 4.19. The van der Waals surface area contributed by atoms with Crippen LogP contribution in [0.4, 0.5) is 0 Å². The summed E-state index contributed by atoms with van der Waals surface area (Å²) in [6.45, 7) is 4.68. The van der Waals surface area contributed by atoms with Crippen molar-refractivity contribution in [2.45, 2.75) is 19.6 Å². The molecule has 2 heterocycles. The number of para-hydroxylation sites is 1. The number of hydrogen-bond donors (Lipinski definition) is 1. The van der Waals surface area contributed by atoms with Gasteiger partial charge in [-0.25, -0.2) is 9.98 Å². The summed E-state index contributed by atoms with van der Waals surface area (Å²) < 4.78 is 7.48. The number of rotatable bonds is 2. The number of nitrogens with zero attached hydrogens (tertiary/aromatic N) is 4. The van der Waals surface area contributed by atoms with Gasteiger partial charge in [0.1, 0.15) is 12.4 Å². The third kappa shape index (κ3) is 2.89. The van der Waals surface area contributed by atoms with E-state index in [-0.39, 0.29) is 6.10 Å².